The van der Waals surface area contributed by atoms with Crippen molar-refractivity contribution < 1.29 is 9.53 Å². The molecule has 0 saturated carbocycles. The molecule has 0 aliphatic rings. The fourth-order valence-electron chi connectivity index (χ4n) is 3.08. The third-order valence-corrected chi connectivity index (χ3v) is 4.53. The molecule has 0 aliphatic carbocycles. The van der Waals surface area contributed by atoms with Crippen LogP contribution in [0.25, 0.3) is 0 Å². The summed E-state index contributed by atoms with van der Waals surface area (Å²) in [6, 6.07) is 10.0. The SMILES string of the molecule is CCCCCCCCCCCCC(C(=O)OC)c1ccccc1. The quantitative estimate of drug-likeness (QED) is 0.317. The molecule has 0 radical (unpaired) electrons. The number of benzene rings is 1. The van der Waals surface area contributed by atoms with Crippen LogP contribution in [0.2, 0.25) is 0 Å². The van der Waals surface area contributed by atoms with E-state index in [0.29, 0.717) is 0 Å². The van der Waals surface area contributed by atoms with Crippen molar-refractivity contribution in [3.63, 3.8) is 0 Å². The fourth-order valence-corrected chi connectivity index (χ4v) is 3.08. The van der Waals surface area contributed by atoms with Crippen molar-refractivity contribution >= 4 is 5.97 Å². The molecular weight excluding hydrogens is 284 g/mol. The maximum atomic E-state index is 12.0. The van der Waals surface area contributed by atoms with Crippen molar-refractivity contribution in [3.8, 4) is 0 Å². The molecule has 0 fully saturated rings. The van der Waals surface area contributed by atoms with Gasteiger partial charge in [0.2, 0.25) is 0 Å². The summed E-state index contributed by atoms with van der Waals surface area (Å²) < 4.78 is 4.97. The number of carbonyl (C=O) groups excluding carboxylic acids is 1. The average molecular weight is 319 g/mol. The Morgan fingerprint density at radius 3 is 1.91 bits per heavy atom. The Hall–Kier alpha value is -1.31. The van der Waals surface area contributed by atoms with Crippen LogP contribution in [0, 0.1) is 0 Å². The van der Waals surface area contributed by atoms with Gasteiger partial charge in [0.15, 0.2) is 0 Å². The molecule has 1 unspecified atom stereocenters. The summed E-state index contributed by atoms with van der Waals surface area (Å²) in [5.74, 6) is -0.206. The van der Waals surface area contributed by atoms with Gasteiger partial charge >= 0.3 is 5.97 Å². The van der Waals surface area contributed by atoms with Crippen LogP contribution in [0.4, 0.5) is 0 Å². The minimum atomic E-state index is -0.105. The fraction of sp³-hybridized carbons (Fsp3) is 0.667. The molecule has 2 nitrogen and oxygen atoms in total. The number of hydrogen-bond donors (Lipinski definition) is 0. The van der Waals surface area contributed by atoms with Gasteiger partial charge in [-0.1, -0.05) is 101 Å². The zero-order chi connectivity index (χ0) is 16.8. The van der Waals surface area contributed by atoms with Crippen LogP contribution in [-0.2, 0) is 9.53 Å². The third-order valence-electron chi connectivity index (χ3n) is 4.53. The molecule has 1 aromatic carbocycles. The number of carbonyl (C=O) groups is 1. The molecule has 0 aromatic heterocycles. The first-order chi connectivity index (χ1) is 11.3. The van der Waals surface area contributed by atoms with Crippen LogP contribution in [0.3, 0.4) is 0 Å². The Balaban J connectivity index is 2.15. The molecule has 0 amide bonds. The van der Waals surface area contributed by atoms with Crippen molar-refractivity contribution in [1.29, 1.82) is 0 Å². The van der Waals surface area contributed by atoms with Crippen molar-refractivity contribution in [2.75, 3.05) is 7.11 Å². The lowest BCUT2D eigenvalue weighted by Gasteiger charge is -2.14. The molecule has 130 valence electrons. The molecule has 23 heavy (non-hydrogen) atoms. The van der Waals surface area contributed by atoms with Crippen molar-refractivity contribution in [3.05, 3.63) is 35.9 Å². The Morgan fingerprint density at radius 1 is 0.870 bits per heavy atom. The second kappa shape index (κ2) is 13.2. The predicted molar refractivity (Wildman–Crippen MR) is 97.7 cm³/mol. The van der Waals surface area contributed by atoms with Crippen LogP contribution in [0.15, 0.2) is 30.3 Å². The van der Waals surface area contributed by atoms with E-state index in [9.17, 15) is 4.79 Å². The Bertz CT molecular complexity index is 400. The van der Waals surface area contributed by atoms with E-state index in [4.69, 9.17) is 4.74 Å². The number of hydrogen-bond acceptors (Lipinski definition) is 2. The highest BCUT2D eigenvalue weighted by atomic mass is 16.5. The molecule has 0 aliphatic heterocycles. The normalized spacial score (nSPS) is 12.1. The van der Waals surface area contributed by atoms with E-state index in [-0.39, 0.29) is 11.9 Å². The van der Waals surface area contributed by atoms with Gasteiger partial charge in [-0.2, -0.15) is 0 Å². The first-order valence-electron chi connectivity index (χ1n) is 9.42. The molecule has 0 saturated heterocycles. The minimum Gasteiger partial charge on any atom is -0.469 e. The van der Waals surface area contributed by atoms with Crippen molar-refractivity contribution in [2.24, 2.45) is 0 Å². The van der Waals surface area contributed by atoms with Gasteiger partial charge in [0.25, 0.3) is 0 Å². The lowest BCUT2D eigenvalue weighted by atomic mass is 9.93. The monoisotopic (exact) mass is 318 g/mol. The number of methoxy groups -OCH3 is 1. The van der Waals surface area contributed by atoms with Gasteiger partial charge in [-0.15, -0.1) is 0 Å². The van der Waals surface area contributed by atoms with Crippen molar-refractivity contribution in [2.45, 2.75) is 83.5 Å². The molecule has 0 heterocycles. The number of rotatable bonds is 13. The zero-order valence-electron chi connectivity index (χ0n) is 15.1. The van der Waals surface area contributed by atoms with Gasteiger partial charge in [-0.05, 0) is 12.0 Å². The molecular formula is C21H34O2. The topological polar surface area (TPSA) is 26.3 Å². The first-order valence-corrected chi connectivity index (χ1v) is 9.42. The minimum absolute atomic E-state index is 0.102. The van der Waals surface area contributed by atoms with Gasteiger partial charge in [0, 0.05) is 0 Å². The van der Waals surface area contributed by atoms with Crippen LogP contribution in [0.5, 0.6) is 0 Å². The highest BCUT2D eigenvalue weighted by Gasteiger charge is 2.20. The zero-order valence-corrected chi connectivity index (χ0v) is 15.1. The van der Waals surface area contributed by atoms with Gasteiger partial charge in [0.05, 0.1) is 13.0 Å². The highest BCUT2D eigenvalue weighted by Crippen LogP contribution is 2.24. The summed E-state index contributed by atoms with van der Waals surface area (Å²) in [7, 11) is 1.48. The van der Waals surface area contributed by atoms with Crippen LogP contribution < -0.4 is 0 Å². The lowest BCUT2D eigenvalue weighted by molar-refractivity contribution is -0.142. The van der Waals surface area contributed by atoms with E-state index in [1.807, 2.05) is 30.3 Å². The predicted octanol–water partition coefficient (Wildman–Crippen LogP) is 6.25. The van der Waals surface area contributed by atoms with Crippen LogP contribution >= 0.6 is 0 Å². The van der Waals surface area contributed by atoms with Gasteiger partial charge in [0.1, 0.15) is 0 Å². The van der Waals surface area contributed by atoms with Crippen molar-refractivity contribution in [1.82, 2.24) is 0 Å². The Labute approximate surface area is 142 Å². The standard InChI is InChI=1S/C21H34O2/c1-3-4-5-6-7-8-9-10-11-15-18-20(21(22)23-2)19-16-13-12-14-17-19/h12-14,16-17,20H,3-11,15,18H2,1-2H3. The molecule has 1 aromatic rings. The highest BCUT2D eigenvalue weighted by molar-refractivity contribution is 5.77. The van der Waals surface area contributed by atoms with Gasteiger partial charge in [-0.3, -0.25) is 4.79 Å². The maximum Gasteiger partial charge on any atom is 0.313 e. The van der Waals surface area contributed by atoms with Crippen LogP contribution in [0.1, 0.15) is 89.0 Å². The molecule has 0 bridgehead atoms. The number of esters is 1. The Kier molecular flexibility index (Phi) is 11.3. The van der Waals surface area contributed by atoms with E-state index in [1.165, 1.54) is 64.9 Å². The average Bonchev–Trinajstić information content (AvgIpc) is 2.60. The smallest absolute Gasteiger partial charge is 0.313 e. The summed E-state index contributed by atoms with van der Waals surface area (Å²) in [5, 5.41) is 0. The van der Waals surface area contributed by atoms with E-state index >= 15 is 0 Å². The summed E-state index contributed by atoms with van der Waals surface area (Å²) in [6.45, 7) is 2.26. The van der Waals surface area contributed by atoms with E-state index < -0.39 is 0 Å². The largest absolute Gasteiger partial charge is 0.469 e. The number of ether oxygens (including phenoxy) is 1. The third kappa shape index (κ3) is 8.78. The summed E-state index contributed by atoms with van der Waals surface area (Å²) in [4.78, 5) is 12.0. The van der Waals surface area contributed by atoms with E-state index in [0.717, 1.165) is 18.4 Å². The number of unbranched alkanes of at least 4 members (excludes halogenated alkanes) is 9. The Morgan fingerprint density at radius 2 is 1.39 bits per heavy atom. The van der Waals surface area contributed by atoms with E-state index in [1.54, 1.807) is 0 Å². The van der Waals surface area contributed by atoms with E-state index in [2.05, 4.69) is 6.92 Å². The van der Waals surface area contributed by atoms with Gasteiger partial charge < -0.3 is 4.74 Å². The first kappa shape index (κ1) is 19.7. The molecule has 0 N–H and O–H groups in total. The second-order valence-corrected chi connectivity index (χ2v) is 6.46. The van der Waals surface area contributed by atoms with Gasteiger partial charge in [-0.25, -0.2) is 0 Å². The molecule has 1 atom stereocenters. The maximum absolute atomic E-state index is 12.0. The summed E-state index contributed by atoms with van der Waals surface area (Å²) >= 11 is 0. The molecule has 2 heteroatoms. The lowest BCUT2D eigenvalue weighted by Crippen LogP contribution is -2.14. The molecule has 1 rings (SSSR count). The second-order valence-electron chi connectivity index (χ2n) is 6.46. The summed E-state index contributed by atoms with van der Waals surface area (Å²) in [5.41, 5.74) is 1.08. The molecule has 0 spiro atoms. The van der Waals surface area contributed by atoms with Crippen LogP contribution in [-0.4, -0.2) is 13.1 Å². The summed E-state index contributed by atoms with van der Waals surface area (Å²) in [6.07, 6.45) is 14.1.